The minimum atomic E-state index is -0.994. The molecule has 3 unspecified atom stereocenters. The molecule has 0 radical (unpaired) electrons. The molecular formula is C28H35N3O3S. The Hall–Kier alpha value is -2.80. The third-order valence-electron chi connectivity index (χ3n) is 7.70. The molecule has 3 atom stereocenters. The monoisotopic (exact) mass is 493 g/mol. The molecule has 3 heterocycles. The lowest BCUT2D eigenvalue weighted by Crippen LogP contribution is -2.65. The Morgan fingerprint density at radius 3 is 2.71 bits per heavy atom. The fourth-order valence-electron chi connectivity index (χ4n) is 5.47. The number of amides is 2. The Bertz CT molecular complexity index is 1210. The van der Waals surface area contributed by atoms with Gasteiger partial charge in [-0.1, -0.05) is 38.8 Å². The lowest BCUT2D eigenvalue weighted by molar-refractivity contribution is -0.134. The zero-order chi connectivity index (χ0) is 24.6. The maximum Gasteiger partial charge on any atom is 0.271 e. The first-order valence-electron chi connectivity index (χ1n) is 12.8. The highest BCUT2D eigenvalue weighted by Crippen LogP contribution is 2.36. The van der Waals surface area contributed by atoms with Gasteiger partial charge in [-0.2, -0.15) is 0 Å². The SMILES string of the molecule is CCCOc1ccc(CN2C(=O)c3cc4sccc4n3CC2(C)C(=O)NC2CCCCC2C)cc1. The van der Waals surface area contributed by atoms with Gasteiger partial charge in [0, 0.05) is 12.6 Å². The quantitative estimate of drug-likeness (QED) is 0.466. The molecule has 2 aliphatic rings. The molecule has 5 rings (SSSR count). The molecule has 1 saturated carbocycles. The molecule has 6 nitrogen and oxygen atoms in total. The van der Waals surface area contributed by atoms with Crippen molar-refractivity contribution in [2.24, 2.45) is 5.92 Å². The zero-order valence-corrected chi connectivity index (χ0v) is 21.7. The van der Waals surface area contributed by atoms with Crippen molar-refractivity contribution in [1.29, 1.82) is 0 Å². The van der Waals surface area contributed by atoms with E-state index in [4.69, 9.17) is 4.74 Å². The standard InChI is InChI=1S/C28H35N3O3S/c1-4-14-34-21-11-9-20(10-12-21)17-31-26(32)24-16-25-23(13-15-35-25)30(24)18-28(31,3)27(33)29-22-8-6-5-7-19(22)2/h9-13,15-16,19,22H,4-8,14,17-18H2,1-3H3,(H,29,33). The third-order valence-corrected chi connectivity index (χ3v) is 8.56. The van der Waals surface area contributed by atoms with Crippen molar-refractivity contribution in [1.82, 2.24) is 14.8 Å². The second kappa shape index (κ2) is 9.69. The average molecular weight is 494 g/mol. The smallest absolute Gasteiger partial charge is 0.271 e. The van der Waals surface area contributed by atoms with Gasteiger partial charge >= 0.3 is 0 Å². The van der Waals surface area contributed by atoms with Crippen LogP contribution in [0.4, 0.5) is 0 Å². The van der Waals surface area contributed by atoms with E-state index in [1.807, 2.05) is 53.3 Å². The van der Waals surface area contributed by atoms with E-state index in [2.05, 4.69) is 19.2 Å². The molecule has 0 bridgehead atoms. The van der Waals surface area contributed by atoms with Crippen LogP contribution < -0.4 is 10.1 Å². The summed E-state index contributed by atoms with van der Waals surface area (Å²) in [5, 5.41) is 5.39. The third kappa shape index (κ3) is 4.46. The number of nitrogens with zero attached hydrogens (tertiary/aromatic N) is 2. The normalized spacial score (nSPS) is 24.4. The maximum absolute atomic E-state index is 13.9. The summed E-state index contributed by atoms with van der Waals surface area (Å²) in [5.41, 5.74) is 1.67. The first kappa shape index (κ1) is 23.9. The van der Waals surface area contributed by atoms with E-state index < -0.39 is 5.54 Å². The lowest BCUT2D eigenvalue weighted by atomic mass is 9.85. The largest absolute Gasteiger partial charge is 0.494 e. The van der Waals surface area contributed by atoms with Crippen LogP contribution in [0.2, 0.25) is 0 Å². The molecule has 1 aliphatic heterocycles. The Labute approximate surface area is 211 Å². The van der Waals surface area contributed by atoms with Gasteiger partial charge < -0.3 is 19.5 Å². The summed E-state index contributed by atoms with van der Waals surface area (Å²) in [6.45, 7) is 7.71. The van der Waals surface area contributed by atoms with Crippen LogP contribution in [0.3, 0.4) is 0 Å². The molecule has 186 valence electrons. The number of thiophene rings is 1. The Kier molecular flexibility index (Phi) is 6.62. The van der Waals surface area contributed by atoms with Crippen molar-refractivity contribution < 1.29 is 14.3 Å². The van der Waals surface area contributed by atoms with Gasteiger partial charge in [-0.05, 0) is 67.3 Å². The maximum atomic E-state index is 13.9. The van der Waals surface area contributed by atoms with Gasteiger partial charge in [0.2, 0.25) is 5.91 Å². The highest BCUT2D eigenvalue weighted by atomic mass is 32.1. The molecule has 1 N–H and O–H groups in total. The molecule has 7 heteroatoms. The predicted molar refractivity (Wildman–Crippen MR) is 140 cm³/mol. The van der Waals surface area contributed by atoms with Gasteiger partial charge in [0.05, 0.1) is 23.4 Å². The molecule has 2 amide bonds. The fourth-order valence-corrected chi connectivity index (χ4v) is 6.29. The molecular weight excluding hydrogens is 458 g/mol. The number of benzene rings is 1. The number of fused-ring (bicyclic) bond motifs is 3. The molecule has 35 heavy (non-hydrogen) atoms. The summed E-state index contributed by atoms with van der Waals surface area (Å²) in [7, 11) is 0. The van der Waals surface area contributed by atoms with Crippen LogP contribution in [-0.4, -0.2) is 39.5 Å². The number of hydrogen-bond donors (Lipinski definition) is 1. The van der Waals surface area contributed by atoms with Gasteiger partial charge in [0.25, 0.3) is 5.91 Å². The fraction of sp³-hybridized carbons (Fsp3) is 0.500. The van der Waals surface area contributed by atoms with Gasteiger partial charge in [-0.15, -0.1) is 11.3 Å². The van der Waals surface area contributed by atoms with Crippen molar-refractivity contribution >= 4 is 33.4 Å². The van der Waals surface area contributed by atoms with Crippen molar-refractivity contribution in [2.75, 3.05) is 6.61 Å². The summed E-state index contributed by atoms with van der Waals surface area (Å²) < 4.78 is 8.84. The van der Waals surface area contributed by atoms with Crippen LogP contribution in [0.25, 0.3) is 10.2 Å². The molecule has 1 fully saturated rings. The van der Waals surface area contributed by atoms with E-state index in [0.29, 0.717) is 31.3 Å². The highest BCUT2D eigenvalue weighted by Gasteiger charge is 2.48. The topological polar surface area (TPSA) is 63.6 Å². The van der Waals surface area contributed by atoms with Gasteiger partial charge in [0.1, 0.15) is 17.0 Å². The molecule has 3 aromatic rings. The molecule has 1 aliphatic carbocycles. The summed E-state index contributed by atoms with van der Waals surface area (Å²) in [5.74, 6) is 1.11. The van der Waals surface area contributed by atoms with Crippen LogP contribution >= 0.6 is 11.3 Å². The van der Waals surface area contributed by atoms with Gasteiger partial charge in [-0.3, -0.25) is 9.59 Å². The zero-order valence-electron chi connectivity index (χ0n) is 20.9. The van der Waals surface area contributed by atoms with E-state index in [1.165, 1.54) is 6.42 Å². The van der Waals surface area contributed by atoms with Crippen LogP contribution in [0, 0.1) is 5.92 Å². The minimum Gasteiger partial charge on any atom is -0.494 e. The van der Waals surface area contributed by atoms with Crippen LogP contribution in [0.1, 0.15) is 68.9 Å². The minimum absolute atomic E-state index is 0.0600. The van der Waals surface area contributed by atoms with Crippen molar-refractivity contribution in [3.63, 3.8) is 0 Å². The molecule has 0 saturated heterocycles. The van der Waals surface area contributed by atoms with Crippen LogP contribution in [0.15, 0.2) is 41.8 Å². The summed E-state index contributed by atoms with van der Waals surface area (Å²) in [4.78, 5) is 29.6. The van der Waals surface area contributed by atoms with E-state index in [-0.39, 0.29) is 17.9 Å². The number of carbonyl (C=O) groups excluding carboxylic acids is 2. The number of nitrogens with one attached hydrogen (secondary N) is 1. The molecule has 0 spiro atoms. The second-order valence-electron chi connectivity index (χ2n) is 10.3. The first-order chi connectivity index (χ1) is 16.9. The highest BCUT2D eigenvalue weighted by molar-refractivity contribution is 7.17. The van der Waals surface area contributed by atoms with Gasteiger partial charge in [-0.25, -0.2) is 0 Å². The Morgan fingerprint density at radius 1 is 1.20 bits per heavy atom. The van der Waals surface area contributed by atoms with E-state index in [1.54, 1.807) is 16.2 Å². The van der Waals surface area contributed by atoms with Crippen molar-refractivity contribution in [3.8, 4) is 5.75 Å². The number of aromatic nitrogens is 1. The summed E-state index contributed by atoms with van der Waals surface area (Å²) in [6, 6.07) is 12.0. The molecule has 2 aromatic heterocycles. The van der Waals surface area contributed by atoms with Crippen LogP contribution in [-0.2, 0) is 17.9 Å². The lowest BCUT2D eigenvalue weighted by Gasteiger charge is -2.45. The number of hydrogen-bond acceptors (Lipinski definition) is 4. The second-order valence-corrected chi connectivity index (χ2v) is 11.2. The van der Waals surface area contributed by atoms with Crippen molar-refractivity contribution in [2.45, 2.75) is 77.5 Å². The Morgan fingerprint density at radius 2 is 1.97 bits per heavy atom. The number of carbonyl (C=O) groups is 2. The Balaban J connectivity index is 1.47. The number of ether oxygens (including phenoxy) is 1. The van der Waals surface area contributed by atoms with E-state index in [9.17, 15) is 9.59 Å². The van der Waals surface area contributed by atoms with Crippen molar-refractivity contribution in [3.05, 3.63) is 53.0 Å². The summed E-state index contributed by atoms with van der Waals surface area (Å²) >= 11 is 1.63. The number of rotatable bonds is 7. The van der Waals surface area contributed by atoms with E-state index >= 15 is 0 Å². The first-order valence-corrected chi connectivity index (χ1v) is 13.7. The summed E-state index contributed by atoms with van der Waals surface area (Å²) in [6.07, 6.45) is 5.44. The van der Waals surface area contributed by atoms with E-state index in [0.717, 1.165) is 47.2 Å². The predicted octanol–water partition coefficient (Wildman–Crippen LogP) is 5.60. The van der Waals surface area contributed by atoms with Crippen LogP contribution in [0.5, 0.6) is 5.75 Å². The average Bonchev–Trinajstić information content (AvgIpc) is 3.45. The molecule has 1 aromatic carbocycles. The van der Waals surface area contributed by atoms with Gasteiger partial charge in [0.15, 0.2) is 0 Å².